The maximum Gasteiger partial charge on any atom is 0.318 e. The van der Waals surface area contributed by atoms with Gasteiger partial charge in [-0.3, -0.25) is 9.59 Å². The number of nitrogens with one attached hydrogen (secondary N) is 1. The standard InChI is InChI=1S/C14H19NO5/c1-9-8-10(4-5-11(9)20-7-6-16)15-12(17)14(2,3)13(18)19/h4-5,8,16H,6-7H2,1-3H3,(H,15,17)(H,18,19). The number of carboxylic acids is 1. The van der Waals surface area contributed by atoms with Crippen LogP contribution >= 0.6 is 0 Å². The predicted octanol–water partition coefficient (Wildman–Crippen LogP) is 1.42. The minimum Gasteiger partial charge on any atom is -0.491 e. The summed E-state index contributed by atoms with van der Waals surface area (Å²) < 4.78 is 5.29. The van der Waals surface area contributed by atoms with Crippen molar-refractivity contribution in [1.82, 2.24) is 0 Å². The molecular weight excluding hydrogens is 262 g/mol. The van der Waals surface area contributed by atoms with Crippen molar-refractivity contribution in [3.05, 3.63) is 23.8 Å². The smallest absolute Gasteiger partial charge is 0.318 e. The Bertz CT molecular complexity index is 510. The fourth-order valence-corrected chi connectivity index (χ4v) is 1.43. The summed E-state index contributed by atoms with van der Waals surface area (Å²) in [6.07, 6.45) is 0. The molecule has 1 amide bonds. The van der Waals surface area contributed by atoms with Gasteiger partial charge in [-0.15, -0.1) is 0 Å². The third-order valence-corrected chi connectivity index (χ3v) is 2.88. The molecule has 1 aromatic carbocycles. The van der Waals surface area contributed by atoms with Crippen molar-refractivity contribution in [1.29, 1.82) is 0 Å². The van der Waals surface area contributed by atoms with Crippen LogP contribution in [0.4, 0.5) is 5.69 Å². The molecule has 0 spiro atoms. The van der Waals surface area contributed by atoms with Gasteiger partial charge in [0.1, 0.15) is 17.8 Å². The maximum atomic E-state index is 11.9. The molecule has 1 aromatic rings. The Morgan fingerprint density at radius 1 is 1.35 bits per heavy atom. The molecular formula is C14H19NO5. The van der Waals surface area contributed by atoms with Gasteiger partial charge in [0.25, 0.3) is 0 Å². The highest BCUT2D eigenvalue weighted by Crippen LogP contribution is 2.24. The summed E-state index contributed by atoms with van der Waals surface area (Å²) in [5.74, 6) is -1.17. The molecule has 0 unspecified atom stereocenters. The number of carboxylic acid groups (broad SMARTS) is 1. The third-order valence-electron chi connectivity index (χ3n) is 2.88. The zero-order chi connectivity index (χ0) is 15.3. The Balaban J connectivity index is 2.82. The number of aliphatic hydroxyl groups excluding tert-OH is 1. The van der Waals surface area contributed by atoms with Crippen molar-refractivity contribution >= 4 is 17.6 Å². The number of amides is 1. The van der Waals surface area contributed by atoms with Gasteiger partial charge in [0.15, 0.2) is 0 Å². The quantitative estimate of drug-likeness (QED) is 0.685. The first-order valence-corrected chi connectivity index (χ1v) is 6.18. The number of aliphatic hydroxyl groups is 1. The van der Waals surface area contributed by atoms with E-state index in [0.717, 1.165) is 5.56 Å². The van der Waals surface area contributed by atoms with E-state index in [4.69, 9.17) is 14.9 Å². The van der Waals surface area contributed by atoms with Crippen molar-refractivity contribution < 1.29 is 24.5 Å². The molecule has 0 aliphatic rings. The summed E-state index contributed by atoms with van der Waals surface area (Å²) in [6, 6.07) is 4.96. The normalized spacial score (nSPS) is 11.0. The molecule has 0 aromatic heterocycles. The molecule has 0 fully saturated rings. The Labute approximate surface area is 117 Å². The van der Waals surface area contributed by atoms with Crippen LogP contribution in [0.3, 0.4) is 0 Å². The number of benzene rings is 1. The number of hydrogen-bond acceptors (Lipinski definition) is 4. The summed E-state index contributed by atoms with van der Waals surface area (Å²) in [7, 11) is 0. The minimum atomic E-state index is -1.50. The molecule has 6 nitrogen and oxygen atoms in total. The van der Waals surface area contributed by atoms with Crippen molar-refractivity contribution in [2.75, 3.05) is 18.5 Å². The Kier molecular flexibility index (Phi) is 5.10. The van der Waals surface area contributed by atoms with Crippen LogP contribution in [0.1, 0.15) is 19.4 Å². The van der Waals surface area contributed by atoms with Gasteiger partial charge >= 0.3 is 5.97 Å². The lowest BCUT2D eigenvalue weighted by Crippen LogP contribution is -2.37. The van der Waals surface area contributed by atoms with E-state index in [9.17, 15) is 9.59 Å². The largest absolute Gasteiger partial charge is 0.491 e. The molecule has 6 heteroatoms. The number of rotatable bonds is 6. The van der Waals surface area contributed by atoms with Crippen molar-refractivity contribution in [3.63, 3.8) is 0 Å². The summed E-state index contributed by atoms with van der Waals surface area (Å²) in [5.41, 5.74) is -0.220. The second kappa shape index (κ2) is 6.38. The van der Waals surface area contributed by atoms with Gasteiger partial charge in [0.05, 0.1) is 6.61 Å². The lowest BCUT2D eigenvalue weighted by molar-refractivity contribution is -0.151. The van der Waals surface area contributed by atoms with Gasteiger partial charge < -0.3 is 20.3 Å². The predicted molar refractivity (Wildman–Crippen MR) is 73.8 cm³/mol. The zero-order valence-electron chi connectivity index (χ0n) is 11.8. The first-order valence-electron chi connectivity index (χ1n) is 6.18. The lowest BCUT2D eigenvalue weighted by atomic mass is 9.92. The molecule has 0 aliphatic heterocycles. The van der Waals surface area contributed by atoms with E-state index in [1.54, 1.807) is 25.1 Å². The van der Waals surface area contributed by atoms with E-state index >= 15 is 0 Å². The molecule has 1 rings (SSSR count). The molecule has 0 aliphatic carbocycles. The number of aliphatic carboxylic acids is 1. The SMILES string of the molecule is Cc1cc(NC(=O)C(C)(C)C(=O)O)ccc1OCCO. The molecule has 0 atom stereocenters. The Morgan fingerprint density at radius 3 is 2.50 bits per heavy atom. The molecule has 0 radical (unpaired) electrons. The monoisotopic (exact) mass is 281 g/mol. The lowest BCUT2D eigenvalue weighted by Gasteiger charge is -2.19. The van der Waals surface area contributed by atoms with Crippen LogP contribution in [0.5, 0.6) is 5.75 Å². The van der Waals surface area contributed by atoms with E-state index in [2.05, 4.69) is 5.32 Å². The van der Waals surface area contributed by atoms with Crippen LogP contribution in [0.2, 0.25) is 0 Å². The highest BCUT2D eigenvalue weighted by atomic mass is 16.5. The van der Waals surface area contributed by atoms with Gasteiger partial charge in [-0.2, -0.15) is 0 Å². The van der Waals surface area contributed by atoms with Crippen LogP contribution in [0.15, 0.2) is 18.2 Å². The molecule has 0 saturated carbocycles. The topological polar surface area (TPSA) is 95.9 Å². The van der Waals surface area contributed by atoms with Crippen LogP contribution in [0.25, 0.3) is 0 Å². The first-order chi connectivity index (χ1) is 9.28. The summed E-state index contributed by atoms with van der Waals surface area (Å²) in [5, 5.41) is 20.2. The number of hydrogen-bond donors (Lipinski definition) is 3. The number of aryl methyl sites for hydroxylation is 1. The molecule has 0 heterocycles. The Hall–Kier alpha value is -2.08. The van der Waals surface area contributed by atoms with Crippen LogP contribution in [-0.4, -0.2) is 35.3 Å². The van der Waals surface area contributed by atoms with Crippen molar-refractivity contribution in [2.24, 2.45) is 5.41 Å². The fourth-order valence-electron chi connectivity index (χ4n) is 1.43. The Morgan fingerprint density at radius 2 is 2.00 bits per heavy atom. The first kappa shape index (κ1) is 16.0. The average molecular weight is 281 g/mol. The summed E-state index contributed by atoms with van der Waals surface area (Å²) in [4.78, 5) is 22.9. The maximum absolute atomic E-state index is 11.9. The van der Waals surface area contributed by atoms with E-state index < -0.39 is 17.3 Å². The third kappa shape index (κ3) is 3.71. The van der Waals surface area contributed by atoms with Gasteiger partial charge in [-0.05, 0) is 44.5 Å². The van der Waals surface area contributed by atoms with E-state index in [1.807, 2.05) is 0 Å². The summed E-state index contributed by atoms with van der Waals surface area (Å²) >= 11 is 0. The minimum absolute atomic E-state index is 0.0786. The van der Waals surface area contributed by atoms with E-state index in [-0.39, 0.29) is 13.2 Å². The van der Waals surface area contributed by atoms with E-state index in [0.29, 0.717) is 11.4 Å². The second-order valence-electron chi connectivity index (χ2n) is 4.94. The van der Waals surface area contributed by atoms with Crippen LogP contribution in [0, 0.1) is 12.3 Å². The number of ether oxygens (including phenoxy) is 1. The fraction of sp³-hybridized carbons (Fsp3) is 0.429. The highest BCUT2D eigenvalue weighted by molar-refractivity contribution is 6.07. The number of carbonyl (C=O) groups is 2. The van der Waals surface area contributed by atoms with Gasteiger partial charge in [-0.1, -0.05) is 0 Å². The van der Waals surface area contributed by atoms with Crippen molar-refractivity contribution in [3.8, 4) is 5.75 Å². The number of carbonyl (C=O) groups excluding carboxylic acids is 1. The van der Waals surface area contributed by atoms with Crippen LogP contribution < -0.4 is 10.1 Å². The van der Waals surface area contributed by atoms with Crippen LogP contribution in [-0.2, 0) is 9.59 Å². The molecule has 0 saturated heterocycles. The van der Waals surface area contributed by atoms with Gasteiger partial charge in [0, 0.05) is 5.69 Å². The van der Waals surface area contributed by atoms with Gasteiger partial charge in [0.2, 0.25) is 5.91 Å². The second-order valence-corrected chi connectivity index (χ2v) is 4.94. The van der Waals surface area contributed by atoms with Crippen molar-refractivity contribution in [2.45, 2.75) is 20.8 Å². The molecule has 20 heavy (non-hydrogen) atoms. The zero-order valence-corrected chi connectivity index (χ0v) is 11.8. The number of anilines is 1. The molecule has 110 valence electrons. The average Bonchev–Trinajstić information content (AvgIpc) is 2.37. The molecule has 0 bridgehead atoms. The van der Waals surface area contributed by atoms with Gasteiger partial charge in [-0.25, -0.2) is 0 Å². The molecule has 3 N–H and O–H groups in total. The summed E-state index contributed by atoms with van der Waals surface area (Å²) in [6.45, 7) is 4.60. The van der Waals surface area contributed by atoms with E-state index in [1.165, 1.54) is 13.8 Å². The highest BCUT2D eigenvalue weighted by Gasteiger charge is 2.36.